The van der Waals surface area contributed by atoms with Crippen LogP contribution in [-0.4, -0.2) is 37.7 Å². The summed E-state index contributed by atoms with van der Waals surface area (Å²) in [5.41, 5.74) is -0.498. The van der Waals surface area contributed by atoms with Crippen molar-refractivity contribution in [2.75, 3.05) is 13.2 Å². The summed E-state index contributed by atoms with van der Waals surface area (Å²) in [6.07, 6.45) is -17.3. The standard InChI is InChI=1S/C33H38F6O7/c1-29(2,3)20-25(30(4,5)6)28(41)43-17-15-32(36,37)46-33(38,39)45-31(34,35)14-16-42-23-13-12-22-18-24(21-10-8-7-9-11-21)27(40)44-26(22)19-23/h7-13,18-19,25H,14-17,20H2,1-6H3. The molecule has 0 bridgehead atoms. The average molecular weight is 661 g/mol. The Bertz CT molecular complexity index is 1530. The number of alkyl halides is 6. The first-order chi connectivity index (χ1) is 21.1. The molecule has 0 spiro atoms. The van der Waals surface area contributed by atoms with Gasteiger partial charge in [-0.2, -0.15) is 17.6 Å². The van der Waals surface area contributed by atoms with Gasteiger partial charge in [0.1, 0.15) is 11.3 Å². The maximum atomic E-state index is 14.2. The zero-order valence-corrected chi connectivity index (χ0v) is 26.4. The number of fused-ring (bicyclic) bond motifs is 1. The van der Waals surface area contributed by atoms with E-state index in [1.807, 2.05) is 20.8 Å². The highest BCUT2D eigenvalue weighted by Gasteiger charge is 2.52. The third-order valence-electron chi connectivity index (χ3n) is 6.77. The van der Waals surface area contributed by atoms with Crippen LogP contribution in [-0.2, 0) is 19.0 Å². The van der Waals surface area contributed by atoms with Crippen LogP contribution in [0.4, 0.5) is 26.3 Å². The molecule has 0 aliphatic heterocycles. The van der Waals surface area contributed by atoms with Gasteiger partial charge in [0.25, 0.3) is 0 Å². The van der Waals surface area contributed by atoms with E-state index < -0.39 is 67.5 Å². The van der Waals surface area contributed by atoms with E-state index in [-0.39, 0.29) is 16.7 Å². The number of esters is 1. The van der Waals surface area contributed by atoms with Gasteiger partial charge in [0.15, 0.2) is 0 Å². The van der Waals surface area contributed by atoms with Crippen LogP contribution < -0.4 is 10.4 Å². The van der Waals surface area contributed by atoms with Crippen LogP contribution in [0, 0.1) is 16.7 Å². The van der Waals surface area contributed by atoms with Crippen molar-refractivity contribution in [2.45, 2.75) is 79.3 Å². The third-order valence-corrected chi connectivity index (χ3v) is 6.77. The molecule has 46 heavy (non-hydrogen) atoms. The van der Waals surface area contributed by atoms with Crippen molar-refractivity contribution in [2.24, 2.45) is 16.7 Å². The highest BCUT2D eigenvalue weighted by atomic mass is 19.3. The molecule has 0 fully saturated rings. The van der Waals surface area contributed by atoms with Crippen LogP contribution in [0.25, 0.3) is 22.1 Å². The van der Waals surface area contributed by atoms with Crippen LogP contribution in [0.5, 0.6) is 5.75 Å². The smallest absolute Gasteiger partial charge is 0.493 e. The van der Waals surface area contributed by atoms with Gasteiger partial charge in [-0.1, -0.05) is 71.9 Å². The van der Waals surface area contributed by atoms with Gasteiger partial charge in [-0.25, -0.2) is 14.3 Å². The fourth-order valence-corrected chi connectivity index (χ4v) is 4.49. The molecule has 13 heteroatoms. The first-order valence-corrected chi connectivity index (χ1v) is 14.5. The molecule has 7 nitrogen and oxygen atoms in total. The van der Waals surface area contributed by atoms with Crippen LogP contribution in [0.2, 0.25) is 0 Å². The minimum absolute atomic E-state index is 0.0285. The molecule has 1 heterocycles. The zero-order valence-electron chi connectivity index (χ0n) is 26.4. The predicted octanol–water partition coefficient (Wildman–Crippen LogP) is 9.03. The van der Waals surface area contributed by atoms with E-state index in [1.165, 1.54) is 18.2 Å². The summed E-state index contributed by atoms with van der Waals surface area (Å²) in [5.74, 6) is -1.49. The lowest BCUT2D eigenvalue weighted by Gasteiger charge is -2.34. The number of ether oxygens (including phenoxy) is 4. The van der Waals surface area contributed by atoms with Gasteiger partial charge in [-0.05, 0) is 41.0 Å². The minimum Gasteiger partial charge on any atom is -0.493 e. The van der Waals surface area contributed by atoms with Gasteiger partial charge in [-0.15, -0.1) is 8.78 Å². The minimum atomic E-state index is -5.40. The lowest BCUT2D eigenvalue weighted by molar-refractivity contribution is -0.514. The zero-order chi connectivity index (χ0) is 34.6. The van der Waals surface area contributed by atoms with Gasteiger partial charge >= 0.3 is 30.1 Å². The maximum absolute atomic E-state index is 14.2. The Labute approximate surface area is 262 Å². The molecule has 254 valence electrons. The lowest BCUT2D eigenvalue weighted by Crippen LogP contribution is -2.41. The summed E-state index contributed by atoms with van der Waals surface area (Å²) in [6, 6.07) is 14.5. The Kier molecular flexibility index (Phi) is 11.3. The summed E-state index contributed by atoms with van der Waals surface area (Å²) < 4.78 is 107. The molecule has 1 unspecified atom stereocenters. The molecule has 0 saturated carbocycles. The van der Waals surface area contributed by atoms with E-state index in [0.29, 0.717) is 22.9 Å². The van der Waals surface area contributed by atoms with E-state index in [1.54, 1.807) is 57.2 Å². The van der Waals surface area contributed by atoms with Gasteiger partial charge in [0.05, 0.1) is 37.5 Å². The Balaban J connectivity index is 1.52. The number of halogens is 6. The fourth-order valence-electron chi connectivity index (χ4n) is 4.49. The van der Waals surface area contributed by atoms with E-state index >= 15 is 0 Å². The second kappa shape index (κ2) is 14.0. The Morgan fingerprint density at radius 3 is 1.96 bits per heavy atom. The molecular weight excluding hydrogens is 622 g/mol. The molecule has 0 aliphatic carbocycles. The number of benzene rings is 2. The predicted molar refractivity (Wildman–Crippen MR) is 158 cm³/mol. The topological polar surface area (TPSA) is 84.2 Å². The number of hydrogen-bond donors (Lipinski definition) is 0. The van der Waals surface area contributed by atoms with Crippen molar-refractivity contribution < 1.29 is 54.5 Å². The van der Waals surface area contributed by atoms with Crippen molar-refractivity contribution in [3.05, 3.63) is 65.0 Å². The van der Waals surface area contributed by atoms with Gasteiger partial charge < -0.3 is 13.9 Å². The van der Waals surface area contributed by atoms with Gasteiger partial charge in [0, 0.05) is 11.5 Å². The van der Waals surface area contributed by atoms with Crippen molar-refractivity contribution in [3.8, 4) is 16.9 Å². The quantitative estimate of drug-likeness (QED) is 0.0739. The molecule has 0 radical (unpaired) electrons. The SMILES string of the molecule is CC(C)(C)CC(C(=O)OCCC(F)(F)OC(F)(F)OC(F)(F)CCOc1ccc2cc(-c3ccccc3)c(=O)oc2c1)C(C)(C)C. The first kappa shape index (κ1) is 36.9. The molecule has 2 aromatic carbocycles. The summed E-state index contributed by atoms with van der Waals surface area (Å²) in [6.45, 7) is 9.10. The first-order valence-electron chi connectivity index (χ1n) is 14.5. The molecule has 1 atom stereocenters. The van der Waals surface area contributed by atoms with E-state index in [9.17, 15) is 35.9 Å². The Morgan fingerprint density at radius 2 is 1.39 bits per heavy atom. The highest BCUT2D eigenvalue weighted by Crippen LogP contribution is 2.38. The number of hydrogen-bond acceptors (Lipinski definition) is 7. The molecule has 1 aromatic heterocycles. The molecule has 3 aromatic rings. The Hall–Kier alpha value is -3.58. The van der Waals surface area contributed by atoms with Crippen LogP contribution >= 0.6 is 0 Å². The van der Waals surface area contributed by atoms with Crippen LogP contribution in [0.1, 0.15) is 60.8 Å². The Morgan fingerprint density at radius 1 is 0.804 bits per heavy atom. The molecule has 0 saturated heterocycles. The maximum Gasteiger partial charge on any atom is 0.494 e. The van der Waals surface area contributed by atoms with Crippen molar-refractivity contribution >= 4 is 16.9 Å². The van der Waals surface area contributed by atoms with Crippen LogP contribution in [0.15, 0.2) is 63.8 Å². The monoisotopic (exact) mass is 660 g/mol. The number of carbonyl (C=O) groups is 1. The largest absolute Gasteiger partial charge is 0.494 e. The molecule has 3 rings (SSSR count). The number of rotatable bonds is 14. The highest BCUT2D eigenvalue weighted by molar-refractivity contribution is 5.82. The third kappa shape index (κ3) is 11.3. The van der Waals surface area contributed by atoms with E-state index in [0.717, 1.165) is 0 Å². The molecule has 0 amide bonds. The lowest BCUT2D eigenvalue weighted by atomic mass is 9.72. The fraction of sp³-hybridized carbons (Fsp3) is 0.515. The van der Waals surface area contributed by atoms with Crippen molar-refractivity contribution in [1.29, 1.82) is 0 Å². The molecule has 0 aliphatic rings. The van der Waals surface area contributed by atoms with E-state index in [4.69, 9.17) is 13.9 Å². The summed E-state index contributed by atoms with van der Waals surface area (Å²) in [7, 11) is 0. The summed E-state index contributed by atoms with van der Waals surface area (Å²) >= 11 is 0. The average Bonchev–Trinajstić information content (AvgIpc) is 2.89. The van der Waals surface area contributed by atoms with Gasteiger partial charge in [0.2, 0.25) is 0 Å². The second-order valence-electron chi connectivity index (χ2n) is 13.2. The van der Waals surface area contributed by atoms with Crippen molar-refractivity contribution in [1.82, 2.24) is 0 Å². The van der Waals surface area contributed by atoms with Gasteiger partial charge in [-0.3, -0.25) is 4.79 Å². The second-order valence-corrected chi connectivity index (χ2v) is 13.2. The summed E-state index contributed by atoms with van der Waals surface area (Å²) in [5, 5.41) is 0.505. The molecular formula is C33H38F6O7. The normalized spacial score (nSPS) is 13.9. The summed E-state index contributed by atoms with van der Waals surface area (Å²) in [4.78, 5) is 25.0. The van der Waals surface area contributed by atoms with Crippen molar-refractivity contribution in [3.63, 3.8) is 0 Å². The number of carbonyl (C=O) groups excluding carboxylic acids is 1. The van der Waals surface area contributed by atoms with E-state index in [2.05, 4.69) is 9.47 Å². The van der Waals surface area contributed by atoms with Crippen LogP contribution in [0.3, 0.4) is 0 Å². The molecule has 0 N–H and O–H groups in total.